The van der Waals surface area contributed by atoms with Crippen LogP contribution in [0.25, 0.3) is 0 Å². The van der Waals surface area contributed by atoms with Gasteiger partial charge in [0.25, 0.3) is 0 Å². The second-order valence-electron chi connectivity index (χ2n) is 4.74. The van der Waals surface area contributed by atoms with Crippen molar-refractivity contribution >= 4 is 5.91 Å². The second kappa shape index (κ2) is 5.82. The maximum Gasteiger partial charge on any atom is 0.236 e. The standard InChI is InChI=1S/C14H22N2O/c1-10-8-11(2)13(12(3)9-10)6-5-7-14(17)16(4)15/h8-9H,5-7,15H2,1-4H3. The summed E-state index contributed by atoms with van der Waals surface area (Å²) in [7, 11) is 1.59. The normalized spacial score (nSPS) is 10.4. The Hall–Kier alpha value is -1.35. The van der Waals surface area contributed by atoms with Crippen molar-refractivity contribution in [2.24, 2.45) is 5.84 Å². The third kappa shape index (κ3) is 3.86. The van der Waals surface area contributed by atoms with Crippen molar-refractivity contribution in [3.63, 3.8) is 0 Å². The molecule has 0 fully saturated rings. The number of carbonyl (C=O) groups is 1. The highest BCUT2D eigenvalue weighted by atomic mass is 16.2. The predicted molar refractivity (Wildman–Crippen MR) is 70.5 cm³/mol. The summed E-state index contributed by atoms with van der Waals surface area (Å²) >= 11 is 0. The molecule has 1 amide bonds. The molecule has 0 aliphatic rings. The minimum absolute atomic E-state index is 0.00702. The molecular weight excluding hydrogens is 212 g/mol. The number of nitrogens with zero attached hydrogens (tertiary/aromatic N) is 1. The number of amides is 1. The zero-order valence-electron chi connectivity index (χ0n) is 11.2. The summed E-state index contributed by atoms with van der Waals surface area (Å²) in [5, 5.41) is 1.16. The first-order valence-corrected chi connectivity index (χ1v) is 5.99. The summed E-state index contributed by atoms with van der Waals surface area (Å²) in [5.74, 6) is 5.37. The number of hydrazine groups is 1. The van der Waals surface area contributed by atoms with Crippen LogP contribution in [0, 0.1) is 20.8 Å². The lowest BCUT2D eigenvalue weighted by atomic mass is 9.95. The Balaban J connectivity index is 2.61. The van der Waals surface area contributed by atoms with Crippen LogP contribution in [0.1, 0.15) is 35.1 Å². The summed E-state index contributed by atoms with van der Waals surface area (Å²) in [4.78, 5) is 11.4. The van der Waals surface area contributed by atoms with Crippen molar-refractivity contribution in [3.8, 4) is 0 Å². The van der Waals surface area contributed by atoms with Gasteiger partial charge in [0.1, 0.15) is 0 Å². The summed E-state index contributed by atoms with van der Waals surface area (Å²) in [6, 6.07) is 4.39. The highest BCUT2D eigenvalue weighted by Gasteiger charge is 2.07. The van der Waals surface area contributed by atoms with Gasteiger partial charge in [-0.2, -0.15) is 0 Å². The smallest absolute Gasteiger partial charge is 0.236 e. The third-order valence-corrected chi connectivity index (χ3v) is 3.05. The van der Waals surface area contributed by atoms with Gasteiger partial charge in [0.05, 0.1) is 0 Å². The number of aryl methyl sites for hydroxylation is 3. The van der Waals surface area contributed by atoms with E-state index in [0.717, 1.165) is 17.9 Å². The summed E-state index contributed by atoms with van der Waals surface area (Å²) in [6.45, 7) is 6.37. The van der Waals surface area contributed by atoms with Crippen LogP contribution in [0.3, 0.4) is 0 Å². The SMILES string of the molecule is Cc1cc(C)c(CCCC(=O)N(C)N)c(C)c1. The van der Waals surface area contributed by atoms with Gasteiger partial charge in [-0.1, -0.05) is 17.7 Å². The van der Waals surface area contributed by atoms with Crippen LogP contribution >= 0.6 is 0 Å². The molecule has 94 valence electrons. The van der Waals surface area contributed by atoms with Gasteiger partial charge in [0.2, 0.25) is 5.91 Å². The fraction of sp³-hybridized carbons (Fsp3) is 0.500. The van der Waals surface area contributed by atoms with Crippen LogP contribution in [0.2, 0.25) is 0 Å². The summed E-state index contributed by atoms with van der Waals surface area (Å²) in [6.07, 6.45) is 2.31. The largest absolute Gasteiger partial charge is 0.284 e. The van der Waals surface area contributed by atoms with Gasteiger partial charge in [-0.05, 0) is 50.3 Å². The molecule has 0 aliphatic carbocycles. The molecule has 0 atom stereocenters. The molecule has 0 spiro atoms. The number of hydrogen-bond acceptors (Lipinski definition) is 2. The molecule has 1 rings (SSSR count). The Morgan fingerprint density at radius 2 is 1.76 bits per heavy atom. The number of benzene rings is 1. The van der Waals surface area contributed by atoms with Gasteiger partial charge in [0.15, 0.2) is 0 Å². The Bertz CT molecular complexity index is 388. The first-order chi connectivity index (χ1) is 7.91. The molecule has 0 bridgehead atoms. The predicted octanol–water partition coefficient (Wildman–Crippen LogP) is 2.27. The average Bonchev–Trinajstić information content (AvgIpc) is 2.21. The average molecular weight is 234 g/mol. The van der Waals surface area contributed by atoms with Gasteiger partial charge >= 0.3 is 0 Å². The number of carbonyl (C=O) groups excluding carboxylic acids is 1. The van der Waals surface area contributed by atoms with Crippen molar-refractivity contribution in [2.45, 2.75) is 40.0 Å². The molecule has 2 N–H and O–H groups in total. The van der Waals surface area contributed by atoms with E-state index in [1.165, 1.54) is 22.3 Å². The minimum Gasteiger partial charge on any atom is -0.284 e. The lowest BCUT2D eigenvalue weighted by molar-refractivity contribution is -0.130. The van der Waals surface area contributed by atoms with Crippen molar-refractivity contribution in [1.29, 1.82) is 0 Å². The van der Waals surface area contributed by atoms with E-state index in [1.807, 2.05) is 0 Å². The lowest BCUT2D eigenvalue weighted by Crippen LogP contribution is -2.32. The lowest BCUT2D eigenvalue weighted by Gasteiger charge is -2.12. The molecule has 3 heteroatoms. The fourth-order valence-corrected chi connectivity index (χ4v) is 2.20. The monoisotopic (exact) mass is 234 g/mol. The maximum atomic E-state index is 11.4. The van der Waals surface area contributed by atoms with Crippen LogP contribution in [0.4, 0.5) is 0 Å². The second-order valence-corrected chi connectivity index (χ2v) is 4.74. The van der Waals surface area contributed by atoms with Crippen LogP contribution in [0.15, 0.2) is 12.1 Å². The first kappa shape index (κ1) is 13.7. The zero-order valence-corrected chi connectivity index (χ0v) is 11.2. The molecule has 0 heterocycles. The molecule has 1 aromatic rings. The van der Waals surface area contributed by atoms with Gasteiger partial charge in [-0.3, -0.25) is 9.80 Å². The van der Waals surface area contributed by atoms with Gasteiger partial charge < -0.3 is 0 Å². The molecule has 0 aliphatic heterocycles. The maximum absolute atomic E-state index is 11.4. The van der Waals surface area contributed by atoms with Gasteiger partial charge in [0, 0.05) is 13.5 Å². The Morgan fingerprint density at radius 1 is 1.24 bits per heavy atom. The molecule has 0 saturated heterocycles. The molecule has 1 aromatic carbocycles. The topological polar surface area (TPSA) is 46.3 Å². The van der Waals surface area contributed by atoms with Crippen LogP contribution < -0.4 is 5.84 Å². The Kier molecular flexibility index (Phi) is 4.70. The van der Waals surface area contributed by atoms with Crippen LogP contribution in [-0.4, -0.2) is 18.0 Å². The van der Waals surface area contributed by atoms with Crippen LogP contribution in [0.5, 0.6) is 0 Å². The number of hydrogen-bond donors (Lipinski definition) is 1. The zero-order chi connectivity index (χ0) is 13.0. The molecule has 0 unspecified atom stereocenters. The fourth-order valence-electron chi connectivity index (χ4n) is 2.20. The van der Waals surface area contributed by atoms with Crippen LogP contribution in [-0.2, 0) is 11.2 Å². The van der Waals surface area contributed by atoms with E-state index in [0.29, 0.717) is 6.42 Å². The van der Waals surface area contributed by atoms with Crippen molar-refractivity contribution < 1.29 is 4.79 Å². The van der Waals surface area contributed by atoms with E-state index in [9.17, 15) is 4.79 Å². The summed E-state index contributed by atoms with van der Waals surface area (Å²) < 4.78 is 0. The van der Waals surface area contributed by atoms with E-state index in [4.69, 9.17) is 5.84 Å². The van der Waals surface area contributed by atoms with E-state index < -0.39 is 0 Å². The molecule has 17 heavy (non-hydrogen) atoms. The molecule has 0 saturated carbocycles. The van der Waals surface area contributed by atoms with E-state index in [-0.39, 0.29) is 5.91 Å². The highest BCUT2D eigenvalue weighted by Crippen LogP contribution is 2.18. The molecule has 3 nitrogen and oxygen atoms in total. The first-order valence-electron chi connectivity index (χ1n) is 5.99. The third-order valence-electron chi connectivity index (χ3n) is 3.05. The van der Waals surface area contributed by atoms with E-state index in [1.54, 1.807) is 7.05 Å². The van der Waals surface area contributed by atoms with E-state index in [2.05, 4.69) is 32.9 Å². The highest BCUT2D eigenvalue weighted by molar-refractivity contribution is 5.75. The van der Waals surface area contributed by atoms with Gasteiger partial charge in [-0.25, -0.2) is 5.84 Å². The van der Waals surface area contributed by atoms with Crippen molar-refractivity contribution in [3.05, 3.63) is 34.4 Å². The van der Waals surface area contributed by atoms with Gasteiger partial charge in [-0.15, -0.1) is 0 Å². The quantitative estimate of drug-likeness (QED) is 0.493. The number of rotatable bonds is 4. The minimum atomic E-state index is -0.00702. The summed E-state index contributed by atoms with van der Waals surface area (Å²) in [5.41, 5.74) is 5.29. The Morgan fingerprint density at radius 3 is 2.24 bits per heavy atom. The van der Waals surface area contributed by atoms with Crippen molar-refractivity contribution in [2.75, 3.05) is 7.05 Å². The molecule has 0 radical (unpaired) electrons. The molecular formula is C14H22N2O. The van der Waals surface area contributed by atoms with Crippen molar-refractivity contribution in [1.82, 2.24) is 5.01 Å². The molecule has 0 aromatic heterocycles. The Labute approximate surface area is 104 Å². The van der Waals surface area contributed by atoms with E-state index >= 15 is 0 Å². The number of nitrogens with two attached hydrogens (primary N) is 1.